The molecule has 526 valence electrons. The van der Waals surface area contributed by atoms with E-state index in [0.29, 0.717) is 37.7 Å². The molecule has 3 aliphatic rings. The van der Waals surface area contributed by atoms with Gasteiger partial charge in [0.2, 0.25) is 70.9 Å². The topological polar surface area (TPSA) is 481 Å². The Morgan fingerprint density at radius 3 is 1.30 bits per heavy atom. The number of nitrogens with zero attached hydrogens (tertiary/aromatic N) is 3. The number of phenols is 1. The van der Waals surface area contributed by atoms with Crippen molar-refractivity contribution in [1.82, 2.24) is 57.2 Å². The van der Waals surface area contributed by atoms with Crippen molar-refractivity contribution < 1.29 is 87.9 Å². The van der Waals surface area contributed by atoms with Crippen LogP contribution < -0.4 is 54.0 Å². The lowest BCUT2D eigenvalue weighted by Crippen LogP contribution is -2.63. The van der Waals surface area contributed by atoms with Crippen LogP contribution >= 0.6 is 0 Å². The Labute approximate surface area is 548 Å². The van der Waals surface area contributed by atoms with Crippen molar-refractivity contribution in [2.24, 2.45) is 35.1 Å². The van der Waals surface area contributed by atoms with Crippen molar-refractivity contribution in [2.45, 2.75) is 224 Å². The minimum atomic E-state index is -1.81. The fourth-order valence-corrected chi connectivity index (χ4v) is 11.6. The Balaban J connectivity index is 1.51. The van der Waals surface area contributed by atoms with Gasteiger partial charge in [0.15, 0.2) is 0 Å². The van der Waals surface area contributed by atoms with Crippen LogP contribution in [-0.4, -0.2) is 229 Å². The number of aliphatic hydroxyl groups is 3. The van der Waals surface area contributed by atoms with Crippen LogP contribution in [0.5, 0.6) is 5.75 Å². The summed E-state index contributed by atoms with van der Waals surface area (Å²) >= 11 is 0. The summed E-state index contributed by atoms with van der Waals surface area (Å²) < 4.78 is 0. The average Bonchev–Trinajstić information content (AvgIpc) is 1.56. The summed E-state index contributed by atoms with van der Waals surface area (Å²) in [5.74, 6) is -13.0. The van der Waals surface area contributed by atoms with Crippen LogP contribution in [0, 0.1) is 23.7 Å². The standard InChI is InChI=1S/C63H101N13O18/c1-10-33(6)48(70-55(85)46-18-13-25-74(46)60(90)39(64)23-24-47(65)81)56(86)71-49(34(7)11-2)57(87)72-50(35(8)12-3)58(88)73-51(36(9)79)59(89)68-42(30-77)62(92)76-27-15-16-44(76)53(83)66-40(29-37-19-21-38(80)22-20-37)52(82)67-41(28-32(4)5)61(91)75-26-14-17-45(75)54(84)69-43(31-78)63(93)94/h19-22,32-36,39-46,48-51,77-80H,10-18,23-31,64H2,1-9H3,(H2,65,81)(H,66,83)(H,67,82)(H,68,89)(H,69,84)(H,70,85)(H,71,86)(H,72,87)(H,73,88)(H,93,94)/t33-,34-,35-,36+,39-,40-,41-,42-,43-,44-,45-,46-,48-,49-,50-,51-/m0/s1. The summed E-state index contributed by atoms with van der Waals surface area (Å²) in [4.78, 5) is 182. The average molecular weight is 1330 g/mol. The van der Waals surface area contributed by atoms with Gasteiger partial charge in [0.1, 0.15) is 72.2 Å². The number of hydrogen-bond donors (Lipinski definition) is 15. The summed E-state index contributed by atoms with van der Waals surface area (Å²) in [6.45, 7) is 13.4. The molecule has 3 aliphatic heterocycles. The largest absolute Gasteiger partial charge is 0.508 e. The van der Waals surface area contributed by atoms with Crippen LogP contribution in [0.15, 0.2) is 24.3 Å². The highest BCUT2D eigenvalue weighted by Gasteiger charge is 2.45. The minimum Gasteiger partial charge on any atom is -0.508 e. The molecule has 1 aromatic carbocycles. The van der Waals surface area contributed by atoms with Gasteiger partial charge < -0.3 is 94.2 Å². The predicted molar refractivity (Wildman–Crippen MR) is 339 cm³/mol. The van der Waals surface area contributed by atoms with Crippen LogP contribution in [0.3, 0.4) is 0 Å². The normalized spacial score (nSPS) is 20.4. The summed E-state index contributed by atoms with van der Waals surface area (Å²) in [5.41, 5.74) is 11.8. The van der Waals surface area contributed by atoms with Crippen molar-refractivity contribution in [3.05, 3.63) is 29.8 Å². The molecule has 0 aromatic heterocycles. The van der Waals surface area contributed by atoms with Crippen molar-refractivity contribution in [3.8, 4) is 5.75 Å². The molecule has 0 bridgehead atoms. The lowest BCUT2D eigenvalue weighted by Gasteiger charge is -2.33. The summed E-state index contributed by atoms with van der Waals surface area (Å²) in [6.07, 6.45) is 0.687. The second-order valence-electron chi connectivity index (χ2n) is 25.5. The van der Waals surface area contributed by atoms with Gasteiger partial charge in [-0.15, -0.1) is 0 Å². The van der Waals surface area contributed by atoms with Gasteiger partial charge in [-0.1, -0.05) is 86.8 Å². The summed E-state index contributed by atoms with van der Waals surface area (Å²) in [7, 11) is 0. The van der Waals surface area contributed by atoms with E-state index in [9.17, 15) is 87.9 Å². The van der Waals surface area contributed by atoms with E-state index in [4.69, 9.17) is 11.5 Å². The van der Waals surface area contributed by atoms with Gasteiger partial charge in [-0.25, -0.2) is 4.79 Å². The van der Waals surface area contributed by atoms with Gasteiger partial charge in [-0.05, 0) is 99.7 Å². The number of carbonyl (C=O) groups is 13. The maximum atomic E-state index is 14.5. The highest BCUT2D eigenvalue weighted by atomic mass is 16.4. The third kappa shape index (κ3) is 21.8. The number of aromatic hydroxyl groups is 1. The molecule has 0 aliphatic carbocycles. The van der Waals surface area contributed by atoms with Gasteiger partial charge in [-0.3, -0.25) is 57.5 Å². The number of carboxylic acids is 1. The number of benzene rings is 1. The van der Waals surface area contributed by atoms with Gasteiger partial charge in [0, 0.05) is 32.5 Å². The van der Waals surface area contributed by atoms with Crippen LogP contribution in [0.2, 0.25) is 0 Å². The Morgan fingerprint density at radius 2 is 0.894 bits per heavy atom. The molecule has 3 saturated heterocycles. The summed E-state index contributed by atoms with van der Waals surface area (Å²) in [5, 5.41) is 71.4. The van der Waals surface area contributed by atoms with E-state index < -0.39 is 186 Å². The zero-order chi connectivity index (χ0) is 70.4. The third-order valence-electron chi connectivity index (χ3n) is 17.9. The molecule has 31 heteroatoms. The molecule has 31 nitrogen and oxygen atoms in total. The fourth-order valence-electron chi connectivity index (χ4n) is 11.6. The minimum absolute atomic E-state index is 0.0230. The molecule has 0 saturated carbocycles. The second-order valence-corrected chi connectivity index (χ2v) is 25.5. The molecule has 17 N–H and O–H groups in total. The number of rotatable bonds is 36. The van der Waals surface area contributed by atoms with Crippen LogP contribution in [0.1, 0.15) is 145 Å². The molecule has 0 spiro atoms. The van der Waals surface area contributed by atoms with Gasteiger partial charge in [0.25, 0.3) is 0 Å². The number of likely N-dealkylation sites (tertiary alicyclic amines) is 3. The Kier molecular flexibility index (Phi) is 31.0. The van der Waals surface area contributed by atoms with Crippen molar-refractivity contribution >= 4 is 76.9 Å². The Morgan fingerprint density at radius 1 is 0.511 bits per heavy atom. The second kappa shape index (κ2) is 37.2. The first-order valence-corrected chi connectivity index (χ1v) is 32.6. The van der Waals surface area contributed by atoms with Crippen LogP contribution in [-0.2, 0) is 68.7 Å². The zero-order valence-electron chi connectivity index (χ0n) is 55.4. The van der Waals surface area contributed by atoms with Crippen molar-refractivity contribution in [2.75, 3.05) is 32.8 Å². The number of phenolic OH excluding ortho intramolecular Hbond substituents is 1. The molecule has 16 atom stereocenters. The molecular formula is C63H101N13O18. The predicted octanol–water partition coefficient (Wildman–Crippen LogP) is -2.99. The molecular weight excluding hydrogens is 1230 g/mol. The number of primary amides is 1. The smallest absolute Gasteiger partial charge is 0.328 e. The first kappa shape index (κ1) is 78.4. The van der Waals surface area contributed by atoms with E-state index >= 15 is 0 Å². The van der Waals surface area contributed by atoms with E-state index in [2.05, 4.69) is 42.5 Å². The van der Waals surface area contributed by atoms with Crippen molar-refractivity contribution in [1.29, 1.82) is 0 Å². The molecule has 3 fully saturated rings. The Bertz CT molecular complexity index is 2830. The van der Waals surface area contributed by atoms with E-state index in [1.54, 1.807) is 55.4 Å². The molecule has 12 amide bonds. The molecule has 4 rings (SSSR count). The van der Waals surface area contributed by atoms with E-state index in [1.807, 2.05) is 0 Å². The lowest BCUT2D eigenvalue weighted by molar-refractivity contribution is -0.146. The maximum absolute atomic E-state index is 14.5. The Hall–Kier alpha value is -8.03. The van der Waals surface area contributed by atoms with Crippen LogP contribution in [0.25, 0.3) is 0 Å². The number of aliphatic hydroxyl groups excluding tert-OH is 3. The van der Waals surface area contributed by atoms with Gasteiger partial charge in [-0.2, -0.15) is 0 Å². The quantitative estimate of drug-likeness (QED) is 0.0319. The van der Waals surface area contributed by atoms with Gasteiger partial charge in [0.05, 0.1) is 25.4 Å². The zero-order valence-corrected chi connectivity index (χ0v) is 55.4. The number of carbonyl (C=O) groups excluding carboxylic acids is 12. The first-order chi connectivity index (χ1) is 44.3. The molecule has 0 radical (unpaired) electrons. The van der Waals surface area contributed by atoms with Crippen LogP contribution in [0.4, 0.5) is 0 Å². The summed E-state index contributed by atoms with van der Waals surface area (Å²) in [6, 6.07) is -10.5. The molecule has 1 aromatic rings. The van der Waals surface area contributed by atoms with E-state index in [-0.39, 0.29) is 82.7 Å². The number of amides is 12. The van der Waals surface area contributed by atoms with Crippen molar-refractivity contribution in [3.63, 3.8) is 0 Å². The van der Waals surface area contributed by atoms with Gasteiger partial charge >= 0.3 is 5.97 Å². The lowest BCUT2D eigenvalue weighted by atomic mass is 9.93. The third-order valence-corrected chi connectivity index (χ3v) is 17.9. The maximum Gasteiger partial charge on any atom is 0.328 e. The highest BCUT2D eigenvalue weighted by Crippen LogP contribution is 2.25. The number of aliphatic carboxylic acids is 1. The number of hydrogen-bond acceptors (Lipinski definition) is 18. The highest BCUT2D eigenvalue weighted by molar-refractivity contribution is 6.00. The SMILES string of the molecule is CC[C@H](C)[C@H](NC(=O)[C@@H](NC(=O)[C@@H](NC(=O)[C@@H]1CCCN1C(=O)[C@@H](N)CCC(N)=O)[C@@H](C)CC)[C@@H](C)CC)C(=O)N[C@H](C(=O)N[C@@H](CO)C(=O)N1CCC[C@H]1C(=O)N[C@@H](Cc1ccc(O)cc1)C(=O)N[C@@H](CC(C)C)C(=O)N1CCC[C@H]1C(=O)N[C@@H](CO)C(=O)O)[C@@H](C)O. The monoisotopic (exact) mass is 1330 g/mol. The molecule has 0 unspecified atom stereocenters. The number of carboxylic acid groups (broad SMARTS) is 1. The molecule has 3 heterocycles. The van der Waals surface area contributed by atoms with E-state index in [0.717, 1.165) is 4.90 Å². The number of nitrogens with two attached hydrogens (primary N) is 2. The fraction of sp³-hybridized carbons (Fsp3) is 0.698. The first-order valence-electron chi connectivity index (χ1n) is 32.6. The number of nitrogens with one attached hydrogen (secondary N) is 8. The van der Waals surface area contributed by atoms with E-state index in [1.165, 1.54) is 41.0 Å². The molecule has 94 heavy (non-hydrogen) atoms.